The summed E-state index contributed by atoms with van der Waals surface area (Å²) in [6.45, 7) is 5.38. The molecule has 4 aromatic rings. The van der Waals surface area contributed by atoms with Crippen LogP contribution < -0.4 is 15.0 Å². The number of aromatic nitrogens is 3. The number of amides is 1. The SMILES string of the molecule is Cc1ccc(-c2nn3c(=O)cc(CN4CCN(C(=O)c5ccc6c(c5)OCO6)CC4)nc3s2)cc1. The van der Waals surface area contributed by atoms with Crippen molar-refractivity contribution in [2.24, 2.45) is 0 Å². The number of piperazine rings is 1. The number of carbonyl (C=O) groups is 1. The molecule has 178 valence electrons. The van der Waals surface area contributed by atoms with E-state index in [-0.39, 0.29) is 18.3 Å². The van der Waals surface area contributed by atoms with Crippen LogP contribution in [0.3, 0.4) is 0 Å². The molecule has 4 heterocycles. The van der Waals surface area contributed by atoms with Crippen LogP contribution in [0.5, 0.6) is 11.5 Å². The number of fused-ring (bicyclic) bond motifs is 2. The Labute approximate surface area is 205 Å². The first-order chi connectivity index (χ1) is 17.0. The fourth-order valence-electron chi connectivity index (χ4n) is 4.30. The standard InChI is InChI=1S/C25H23N5O4S/c1-16-2-4-17(5-3-16)23-27-30-22(31)13-19(26-25(30)35-23)14-28-8-10-29(11-9-28)24(32)18-6-7-20-21(12-18)34-15-33-20/h2-7,12-13H,8-11,14-15H2,1H3. The van der Waals surface area contributed by atoms with E-state index in [0.717, 1.165) is 10.6 Å². The molecule has 2 aromatic heterocycles. The highest BCUT2D eigenvalue weighted by atomic mass is 32.1. The van der Waals surface area contributed by atoms with Crippen molar-refractivity contribution in [3.05, 3.63) is 75.7 Å². The maximum atomic E-state index is 12.9. The topological polar surface area (TPSA) is 89.3 Å². The largest absolute Gasteiger partial charge is 0.454 e. The van der Waals surface area contributed by atoms with E-state index < -0.39 is 0 Å². The molecule has 2 aliphatic heterocycles. The molecule has 0 aliphatic carbocycles. The summed E-state index contributed by atoms with van der Waals surface area (Å²) in [5.41, 5.74) is 3.26. The van der Waals surface area contributed by atoms with Gasteiger partial charge in [0.15, 0.2) is 11.5 Å². The van der Waals surface area contributed by atoms with Crippen LogP contribution in [0.4, 0.5) is 0 Å². The average Bonchev–Trinajstić information content (AvgIpc) is 3.51. The van der Waals surface area contributed by atoms with Gasteiger partial charge in [0.25, 0.3) is 11.5 Å². The second-order valence-electron chi connectivity index (χ2n) is 8.69. The zero-order valence-electron chi connectivity index (χ0n) is 19.1. The highest BCUT2D eigenvalue weighted by molar-refractivity contribution is 7.19. The van der Waals surface area contributed by atoms with Crippen LogP contribution in [0.15, 0.2) is 53.3 Å². The van der Waals surface area contributed by atoms with Gasteiger partial charge in [0, 0.05) is 49.9 Å². The lowest BCUT2D eigenvalue weighted by molar-refractivity contribution is 0.0626. The third-order valence-electron chi connectivity index (χ3n) is 6.26. The first-order valence-electron chi connectivity index (χ1n) is 11.4. The molecule has 1 amide bonds. The van der Waals surface area contributed by atoms with E-state index in [1.54, 1.807) is 24.3 Å². The van der Waals surface area contributed by atoms with Gasteiger partial charge in [-0.15, -0.1) is 0 Å². The summed E-state index contributed by atoms with van der Waals surface area (Å²) in [6.07, 6.45) is 0. The van der Waals surface area contributed by atoms with Crippen LogP contribution in [0.2, 0.25) is 0 Å². The summed E-state index contributed by atoms with van der Waals surface area (Å²) in [6, 6.07) is 14.9. The van der Waals surface area contributed by atoms with E-state index in [0.29, 0.717) is 60.4 Å². The highest BCUT2D eigenvalue weighted by Crippen LogP contribution is 2.33. The molecule has 0 radical (unpaired) electrons. The number of ether oxygens (including phenoxy) is 2. The molecular weight excluding hydrogens is 466 g/mol. The third kappa shape index (κ3) is 4.26. The van der Waals surface area contributed by atoms with Crippen LogP contribution in [0.25, 0.3) is 15.5 Å². The lowest BCUT2D eigenvalue weighted by atomic mass is 10.1. The first-order valence-corrected chi connectivity index (χ1v) is 12.2. The lowest BCUT2D eigenvalue weighted by Crippen LogP contribution is -2.48. The maximum Gasteiger partial charge on any atom is 0.275 e. The maximum absolute atomic E-state index is 12.9. The molecule has 0 N–H and O–H groups in total. The average molecular weight is 490 g/mol. The predicted molar refractivity (Wildman–Crippen MR) is 131 cm³/mol. The Balaban J connectivity index is 1.13. The van der Waals surface area contributed by atoms with Gasteiger partial charge in [0.2, 0.25) is 11.8 Å². The number of nitrogens with zero attached hydrogens (tertiary/aromatic N) is 5. The number of carbonyl (C=O) groups excluding carboxylic acids is 1. The van der Waals surface area contributed by atoms with Crippen molar-refractivity contribution in [1.29, 1.82) is 0 Å². The molecule has 0 unspecified atom stereocenters. The van der Waals surface area contributed by atoms with Crippen molar-refractivity contribution in [2.75, 3.05) is 33.0 Å². The number of benzene rings is 2. The van der Waals surface area contributed by atoms with Crippen LogP contribution in [-0.4, -0.2) is 63.3 Å². The van der Waals surface area contributed by atoms with Gasteiger partial charge in [-0.25, -0.2) is 4.98 Å². The molecule has 10 heteroatoms. The van der Waals surface area contributed by atoms with Crippen molar-refractivity contribution in [3.8, 4) is 22.1 Å². The minimum absolute atomic E-state index is 0.0194. The van der Waals surface area contributed by atoms with Crippen molar-refractivity contribution < 1.29 is 14.3 Å². The van der Waals surface area contributed by atoms with Crippen LogP contribution in [-0.2, 0) is 6.54 Å². The Morgan fingerprint density at radius 2 is 1.77 bits per heavy atom. The molecule has 0 saturated carbocycles. The summed E-state index contributed by atoms with van der Waals surface area (Å²) in [5, 5.41) is 5.23. The monoisotopic (exact) mass is 489 g/mol. The molecule has 2 aromatic carbocycles. The molecule has 1 fully saturated rings. The Hall–Kier alpha value is -3.76. The van der Waals surface area contributed by atoms with Gasteiger partial charge < -0.3 is 14.4 Å². The van der Waals surface area contributed by atoms with Crippen molar-refractivity contribution in [2.45, 2.75) is 13.5 Å². The Kier molecular flexibility index (Phi) is 5.46. The van der Waals surface area contributed by atoms with Gasteiger partial charge in [0.05, 0.1) is 5.69 Å². The van der Waals surface area contributed by atoms with E-state index in [9.17, 15) is 9.59 Å². The Bertz CT molecular complexity index is 1470. The molecule has 0 spiro atoms. The van der Waals surface area contributed by atoms with E-state index >= 15 is 0 Å². The Morgan fingerprint density at radius 1 is 1.00 bits per heavy atom. The van der Waals surface area contributed by atoms with Gasteiger partial charge in [-0.2, -0.15) is 9.61 Å². The van der Waals surface area contributed by atoms with E-state index in [1.165, 1.54) is 21.4 Å². The lowest BCUT2D eigenvalue weighted by Gasteiger charge is -2.34. The van der Waals surface area contributed by atoms with Gasteiger partial charge in [0.1, 0.15) is 5.01 Å². The van der Waals surface area contributed by atoms with Crippen molar-refractivity contribution in [1.82, 2.24) is 24.4 Å². The molecule has 0 atom stereocenters. The molecular formula is C25H23N5O4S. The van der Waals surface area contributed by atoms with Gasteiger partial charge in [-0.05, 0) is 25.1 Å². The summed E-state index contributed by atoms with van der Waals surface area (Å²) >= 11 is 1.41. The minimum atomic E-state index is -0.184. The summed E-state index contributed by atoms with van der Waals surface area (Å²) in [5.74, 6) is 1.25. The number of rotatable bonds is 4. The normalized spacial score (nSPS) is 15.6. The van der Waals surface area contributed by atoms with E-state index in [2.05, 4.69) is 10.00 Å². The van der Waals surface area contributed by atoms with Crippen molar-refractivity contribution >= 4 is 22.2 Å². The quantitative estimate of drug-likeness (QED) is 0.436. The molecule has 6 rings (SSSR count). The second kappa shape index (κ2) is 8.79. The minimum Gasteiger partial charge on any atom is -0.454 e. The predicted octanol–water partition coefficient (Wildman–Crippen LogP) is 2.81. The summed E-state index contributed by atoms with van der Waals surface area (Å²) in [7, 11) is 0. The molecule has 9 nitrogen and oxygen atoms in total. The second-order valence-corrected chi connectivity index (χ2v) is 9.65. The van der Waals surface area contributed by atoms with Crippen LogP contribution in [0.1, 0.15) is 21.6 Å². The molecule has 1 saturated heterocycles. The molecule has 2 aliphatic rings. The first kappa shape index (κ1) is 21.8. The molecule has 35 heavy (non-hydrogen) atoms. The van der Waals surface area contributed by atoms with Crippen LogP contribution >= 0.6 is 11.3 Å². The van der Waals surface area contributed by atoms with Crippen molar-refractivity contribution in [3.63, 3.8) is 0 Å². The molecule has 0 bridgehead atoms. The third-order valence-corrected chi connectivity index (χ3v) is 7.22. The zero-order valence-corrected chi connectivity index (χ0v) is 20.0. The zero-order chi connectivity index (χ0) is 23.9. The van der Waals surface area contributed by atoms with Gasteiger partial charge >= 0.3 is 0 Å². The number of hydrogen-bond donors (Lipinski definition) is 0. The number of aryl methyl sites for hydroxylation is 1. The fourth-order valence-corrected chi connectivity index (χ4v) is 5.23. The smallest absolute Gasteiger partial charge is 0.275 e. The highest BCUT2D eigenvalue weighted by Gasteiger charge is 2.24. The fraction of sp³-hybridized carbons (Fsp3) is 0.280. The van der Waals surface area contributed by atoms with Crippen LogP contribution in [0, 0.1) is 6.92 Å². The summed E-state index contributed by atoms with van der Waals surface area (Å²) < 4.78 is 12.1. The van der Waals surface area contributed by atoms with Gasteiger partial charge in [-0.1, -0.05) is 41.2 Å². The number of hydrogen-bond acceptors (Lipinski definition) is 8. The van der Waals surface area contributed by atoms with E-state index in [1.807, 2.05) is 36.1 Å². The van der Waals surface area contributed by atoms with Gasteiger partial charge in [-0.3, -0.25) is 14.5 Å². The van der Waals surface area contributed by atoms with E-state index in [4.69, 9.17) is 14.5 Å². The Morgan fingerprint density at radius 3 is 2.57 bits per heavy atom. The summed E-state index contributed by atoms with van der Waals surface area (Å²) in [4.78, 5) is 35.0.